The lowest BCUT2D eigenvalue weighted by Crippen LogP contribution is -2.17. The van der Waals surface area contributed by atoms with E-state index in [0.29, 0.717) is 23.8 Å². The minimum Gasteiger partial charge on any atom is -0.481 e. The van der Waals surface area contributed by atoms with Crippen molar-refractivity contribution in [2.75, 3.05) is 17.6 Å². The third kappa shape index (κ3) is 3.85. The largest absolute Gasteiger partial charge is 0.481 e. The zero-order chi connectivity index (χ0) is 17.1. The van der Waals surface area contributed by atoms with Gasteiger partial charge in [-0.05, 0) is 24.6 Å². The number of aromatic nitrogens is 1. The first-order valence-corrected chi connectivity index (χ1v) is 9.13. The first-order chi connectivity index (χ1) is 11.5. The molecule has 0 amide bonds. The highest BCUT2D eigenvalue weighted by Gasteiger charge is 2.26. The minimum atomic E-state index is -0.911. The normalized spacial score (nSPS) is 17.0. The Bertz CT molecular complexity index is 818. The molecule has 9 heteroatoms. The van der Waals surface area contributed by atoms with Crippen LogP contribution in [0.2, 0.25) is 0 Å². The number of aliphatic imine (C=N–C) groups is 1. The number of carboxylic acid groups (broad SMARTS) is 2. The number of carbonyl (C=O) groups is 2. The second kappa shape index (κ2) is 7.18. The molecule has 1 aliphatic heterocycles. The Kier molecular flexibility index (Phi) is 5.00. The van der Waals surface area contributed by atoms with Gasteiger partial charge in [0, 0.05) is 24.4 Å². The summed E-state index contributed by atoms with van der Waals surface area (Å²) in [5.74, 6) is -1.27. The van der Waals surface area contributed by atoms with E-state index in [-0.39, 0.29) is 6.42 Å². The Balaban J connectivity index is 1.71. The van der Waals surface area contributed by atoms with E-state index < -0.39 is 18.0 Å². The van der Waals surface area contributed by atoms with Crippen LogP contribution in [-0.4, -0.2) is 50.5 Å². The third-order valence-corrected chi connectivity index (χ3v) is 5.61. The van der Waals surface area contributed by atoms with Gasteiger partial charge >= 0.3 is 11.9 Å². The van der Waals surface area contributed by atoms with Crippen LogP contribution < -0.4 is 5.32 Å². The fraction of sp³-hybridized carbons (Fsp3) is 0.333. The summed E-state index contributed by atoms with van der Waals surface area (Å²) in [6, 6.07) is 5.06. The van der Waals surface area contributed by atoms with Crippen LogP contribution in [0.4, 0.5) is 5.69 Å². The van der Waals surface area contributed by atoms with Gasteiger partial charge in [-0.15, -0.1) is 23.1 Å². The average molecular weight is 365 g/mol. The van der Waals surface area contributed by atoms with Crippen molar-refractivity contribution in [3.63, 3.8) is 0 Å². The summed E-state index contributed by atoms with van der Waals surface area (Å²) in [6.07, 6.45) is 0.701. The van der Waals surface area contributed by atoms with Gasteiger partial charge in [-0.1, -0.05) is 0 Å². The van der Waals surface area contributed by atoms with Crippen LogP contribution in [0, 0.1) is 0 Å². The molecule has 1 aromatic heterocycles. The van der Waals surface area contributed by atoms with Crippen LogP contribution in [0.15, 0.2) is 23.2 Å². The summed E-state index contributed by atoms with van der Waals surface area (Å²) in [6.45, 7) is 0.590. The van der Waals surface area contributed by atoms with E-state index >= 15 is 0 Å². The van der Waals surface area contributed by atoms with Crippen LogP contribution in [-0.2, 0) is 9.59 Å². The molecule has 0 saturated carbocycles. The van der Waals surface area contributed by atoms with Crippen molar-refractivity contribution < 1.29 is 19.8 Å². The van der Waals surface area contributed by atoms with Crippen molar-refractivity contribution >= 4 is 56.0 Å². The molecule has 24 heavy (non-hydrogen) atoms. The maximum atomic E-state index is 11.0. The monoisotopic (exact) mass is 365 g/mol. The van der Waals surface area contributed by atoms with E-state index in [9.17, 15) is 9.59 Å². The second-order valence-corrected chi connectivity index (χ2v) is 7.26. The maximum Gasteiger partial charge on any atom is 0.329 e. The number of rotatable bonds is 7. The number of benzene rings is 1. The lowest BCUT2D eigenvalue weighted by molar-refractivity contribution is -0.138. The van der Waals surface area contributed by atoms with Crippen LogP contribution in [0.25, 0.3) is 10.2 Å². The molecule has 1 aromatic carbocycles. The Labute approximate surface area is 145 Å². The fourth-order valence-electron chi connectivity index (χ4n) is 2.22. The number of carboxylic acids is 2. The van der Waals surface area contributed by atoms with Gasteiger partial charge in [0.25, 0.3) is 0 Å². The van der Waals surface area contributed by atoms with E-state index in [1.54, 1.807) is 0 Å². The van der Waals surface area contributed by atoms with Crippen molar-refractivity contribution in [3.05, 3.63) is 23.2 Å². The number of anilines is 1. The molecule has 0 spiro atoms. The van der Waals surface area contributed by atoms with Crippen molar-refractivity contribution in [1.29, 1.82) is 0 Å². The minimum absolute atomic E-state index is 0.141. The molecule has 0 bridgehead atoms. The molecule has 1 atom stereocenters. The second-order valence-electron chi connectivity index (χ2n) is 5.22. The van der Waals surface area contributed by atoms with Crippen molar-refractivity contribution in [2.24, 2.45) is 4.99 Å². The first-order valence-electron chi connectivity index (χ1n) is 7.33. The topological polar surface area (TPSA) is 112 Å². The quantitative estimate of drug-likeness (QED) is 0.646. The first kappa shape index (κ1) is 16.7. The molecule has 0 aliphatic carbocycles. The van der Waals surface area contributed by atoms with Gasteiger partial charge < -0.3 is 15.5 Å². The van der Waals surface area contributed by atoms with Crippen LogP contribution in [0.3, 0.4) is 0 Å². The van der Waals surface area contributed by atoms with Gasteiger partial charge in [0.1, 0.15) is 10.1 Å². The molecule has 0 fully saturated rings. The van der Waals surface area contributed by atoms with Crippen molar-refractivity contribution in [1.82, 2.24) is 4.98 Å². The number of nitrogens with zero attached hydrogens (tertiary/aromatic N) is 2. The van der Waals surface area contributed by atoms with Gasteiger partial charge in [0.05, 0.1) is 10.2 Å². The van der Waals surface area contributed by atoms with Crippen LogP contribution >= 0.6 is 23.1 Å². The molecule has 126 valence electrons. The Morgan fingerprint density at radius 3 is 2.88 bits per heavy atom. The van der Waals surface area contributed by atoms with Crippen LogP contribution in [0.1, 0.15) is 17.8 Å². The lowest BCUT2D eigenvalue weighted by Gasteiger charge is -2.04. The predicted molar refractivity (Wildman–Crippen MR) is 95.4 cm³/mol. The van der Waals surface area contributed by atoms with Gasteiger partial charge in [0.2, 0.25) is 0 Å². The highest BCUT2D eigenvalue weighted by Crippen LogP contribution is 2.31. The summed E-state index contributed by atoms with van der Waals surface area (Å²) in [5, 5.41) is 22.2. The maximum absolute atomic E-state index is 11.0. The smallest absolute Gasteiger partial charge is 0.329 e. The molecular weight excluding hydrogens is 350 g/mol. The molecule has 1 unspecified atom stereocenters. The summed E-state index contributed by atoms with van der Waals surface area (Å²) < 4.78 is 0.982. The number of hydrogen-bond donors (Lipinski definition) is 3. The van der Waals surface area contributed by atoms with Gasteiger partial charge in [-0.3, -0.25) is 9.79 Å². The van der Waals surface area contributed by atoms with Gasteiger partial charge in [0.15, 0.2) is 6.04 Å². The lowest BCUT2D eigenvalue weighted by atomic mass is 10.2. The van der Waals surface area contributed by atoms with E-state index in [0.717, 1.165) is 20.9 Å². The molecular formula is C15H15N3O4S2. The number of thioether (sulfide) groups is 1. The molecule has 2 aromatic rings. The molecule has 3 N–H and O–H groups in total. The Morgan fingerprint density at radius 2 is 2.17 bits per heavy atom. The van der Waals surface area contributed by atoms with Crippen molar-refractivity contribution in [3.8, 4) is 0 Å². The number of fused-ring (bicyclic) bond motifs is 1. The molecule has 1 aliphatic rings. The summed E-state index contributed by atoms with van der Waals surface area (Å²) in [5.41, 5.74) is 1.75. The average Bonchev–Trinajstić information content (AvgIpc) is 3.17. The van der Waals surface area contributed by atoms with E-state index in [1.807, 2.05) is 18.2 Å². The zero-order valence-electron chi connectivity index (χ0n) is 12.6. The summed E-state index contributed by atoms with van der Waals surface area (Å²) in [4.78, 5) is 30.2. The molecule has 0 radical (unpaired) electrons. The van der Waals surface area contributed by atoms with E-state index in [4.69, 9.17) is 10.2 Å². The molecule has 0 saturated heterocycles. The zero-order valence-corrected chi connectivity index (χ0v) is 14.2. The van der Waals surface area contributed by atoms with Gasteiger partial charge in [-0.2, -0.15) is 0 Å². The highest BCUT2D eigenvalue weighted by molar-refractivity contribution is 8.15. The van der Waals surface area contributed by atoms with Crippen LogP contribution in [0.5, 0.6) is 0 Å². The number of aliphatic carboxylic acids is 2. The van der Waals surface area contributed by atoms with Crippen molar-refractivity contribution in [2.45, 2.75) is 18.9 Å². The summed E-state index contributed by atoms with van der Waals surface area (Å²) in [7, 11) is 0. The van der Waals surface area contributed by atoms with E-state index in [2.05, 4.69) is 15.3 Å². The molecule has 7 nitrogen and oxygen atoms in total. The molecule has 2 heterocycles. The fourth-order valence-corrected chi connectivity index (χ4v) is 4.32. The standard InChI is InChI=1S/C15H15N3O4S2/c19-12(20)2-1-5-16-8-3-4-9-11(6-8)24-14(17-9)13-18-10(7-23-13)15(21)22/h3-4,6,10,16H,1-2,5,7H2,(H,19,20)(H,21,22). The Morgan fingerprint density at radius 1 is 1.33 bits per heavy atom. The SMILES string of the molecule is O=C(O)CCCNc1ccc2nc(C3=NC(C(=O)O)CS3)sc2c1. The molecule has 3 rings (SSSR count). The third-order valence-electron chi connectivity index (χ3n) is 3.40. The number of nitrogens with one attached hydrogen (secondary N) is 1. The summed E-state index contributed by atoms with van der Waals surface area (Å²) >= 11 is 2.89. The van der Waals surface area contributed by atoms with Gasteiger partial charge in [-0.25, -0.2) is 9.78 Å². The Hall–Kier alpha value is -2.13. The highest BCUT2D eigenvalue weighted by atomic mass is 32.2. The number of thiazole rings is 1. The number of hydrogen-bond acceptors (Lipinski definition) is 7. The van der Waals surface area contributed by atoms with E-state index in [1.165, 1.54) is 23.1 Å². The predicted octanol–water partition coefficient (Wildman–Crippen LogP) is 2.52.